The summed E-state index contributed by atoms with van der Waals surface area (Å²) >= 11 is 0. The van der Waals surface area contributed by atoms with Gasteiger partial charge in [0.05, 0.1) is 32.4 Å². The smallest absolute Gasteiger partial charge is 0.228 e. The van der Waals surface area contributed by atoms with Crippen LogP contribution in [0.1, 0.15) is 19.4 Å². The highest BCUT2D eigenvalue weighted by Crippen LogP contribution is 2.29. The van der Waals surface area contributed by atoms with Crippen molar-refractivity contribution in [3.8, 4) is 17.2 Å². The lowest BCUT2D eigenvalue weighted by Crippen LogP contribution is -2.15. The van der Waals surface area contributed by atoms with Crippen LogP contribution < -0.4 is 19.5 Å². The van der Waals surface area contributed by atoms with Crippen LogP contribution in [0.2, 0.25) is 0 Å². The van der Waals surface area contributed by atoms with Crippen molar-refractivity contribution in [2.75, 3.05) is 25.6 Å². The summed E-state index contributed by atoms with van der Waals surface area (Å²) in [5.74, 6) is 1.86. The first-order valence-electron chi connectivity index (χ1n) is 7.99. The van der Waals surface area contributed by atoms with Gasteiger partial charge < -0.3 is 19.5 Å². The lowest BCUT2D eigenvalue weighted by molar-refractivity contribution is -0.115. The Kier molecular flexibility index (Phi) is 6.49. The molecule has 0 spiro atoms. The summed E-state index contributed by atoms with van der Waals surface area (Å²) in [5.41, 5.74) is 1.51. The SMILES string of the molecule is CCOc1ccc(CC(=O)Nc2ccccc2OC)cc1OCC. The first-order valence-corrected chi connectivity index (χ1v) is 7.99. The molecule has 0 aromatic heterocycles. The number of amides is 1. The van der Waals surface area contributed by atoms with Crippen molar-refractivity contribution < 1.29 is 19.0 Å². The van der Waals surface area contributed by atoms with Crippen molar-refractivity contribution in [3.05, 3.63) is 48.0 Å². The van der Waals surface area contributed by atoms with E-state index >= 15 is 0 Å². The van der Waals surface area contributed by atoms with Crippen LogP contribution in [0.5, 0.6) is 17.2 Å². The van der Waals surface area contributed by atoms with Gasteiger partial charge in [-0.25, -0.2) is 0 Å². The van der Waals surface area contributed by atoms with Gasteiger partial charge in [0.25, 0.3) is 0 Å². The maximum atomic E-state index is 12.3. The quantitative estimate of drug-likeness (QED) is 0.803. The van der Waals surface area contributed by atoms with E-state index in [4.69, 9.17) is 14.2 Å². The molecule has 1 amide bonds. The molecule has 0 saturated heterocycles. The van der Waals surface area contributed by atoms with Crippen molar-refractivity contribution in [3.63, 3.8) is 0 Å². The highest BCUT2D eigenvalue weighted by molar-refractivity contribution is 5.93. The van der Waals surface area contributed by atoms with E-state index in [1.165, 1.54) is 0 Å². The van der Waals surface area contributed by atoms with Crippen LogP contribution in [0.3, 0.4) is 0 Å². The van der Waals surface area contributed by atoms with Gasteiger partial charge in [0, 0.05) is 0 Å². The Balaban J connectivity index is 2.09. The van der Waals surface area contributed by atoms with E-state index in [1.54, 1.807) is 19.2 Å². The summed E-state index contributed by atoms with van der Waals surface area (Å²) in [6, 6.07) is 12.9. The van der Waals surface area contributed by atoms with Crippen molar-refractivity contribution in [2.45, 2.75) is 20.3 Å². The number of benzene rings is 2. The third-order valence-electron chi connectivity index (χ3n) is 3.35. The van der Waals surface area contributed by atoms with Crippen LogP contribution in [0.15, 0.2) is 42.5 Å². The van der Waals surface area contributed by atoms with Crippen molar-refractivity contribution >= 4 is 11.6 Å². The number of para-hydroxylation sites is 2. The first kappa shape index (κ1) is 17.7. The Morgan fingerprint density at radius 3 is 2.38 bits per heavy atom. The molecular formula is C19H23NO4. The van der Waals surface area contributed by atoms with Gasteiger partial charge in [-0.1, -0.05) is 18.2 Å². The highest BCUT2D eigenvalue weighted by atomic mass is 16.5. The fraction of sp³-hybridized carbons (Fsp3) is 0.316. The van der Waals surface area contributed by atoms with Gasteiger partial charge in [-0.2, -0.15) is 0 Å². The van der Waals surface area contributed by atoms with Gasteiger partial charge in [0.2, 0.25) is 5.91 Å². The van der Waals surface area contributed by atoms with Crippen LogP contribution >= 0.6 is 0 Å². The molecule has 2 aromatic carbocycles. The van der Waals surface area contributed by atoms with Crippen molar-refractivity contribution in [1.82, 2.24) is 0 Å². The first-order chi connectivity index (χ1) is 11.7. The minimum Gasteiger partial charge on any atom is -0.495 e. The van der Waals surface area contributed by atoms with Crippen molar-refractivity contribution in [2.24, 2.45) is 0 Å². The number of hydrogen-bond donors (Lipinski definition) is 1. The predicted molar refractivity (Wildman–Crippen MR) is 94.1 cm³/mol. The molecule has 2 rings (SSSR count). The maximum Gasteiger partial charge on any atom is 0.228 e. The molecule has 5 heteroatoms. The normalized spacial score (nSPS) is 10.1. The van der Waals surface area contributed by atoms with Crippen LogP contribution in [0.25, 0.3) is 0 Å². The van der Waals surface area contributed by atoms with Gasteiger partial charge in [-0.15, -0.1) is 0 Å². The Morgan fingerprint density at radius 2 is 1.67 bits per heavy atom. The highest BCUT2D eigenvalue weighted by Gasteiger charge is 2.11. The van der Waals surface area contributed by atoms with Crippen molar-refractivity contribution in [1.29, 1.82) is 0 Å². The van der Waals surface area contributed by atoms with Gasteiger partial charge >= 0.3 is 0 Å². The topological polar surface area (TPSA) is 56.8 Å². The third kappa shape index (κ3) is 4.65. The van der Waals surface area contributed by atoms with Gasteiger partial charge in [0.1, 0.15) is 5.75 Å². The average molecular weight is 329 g/mol. The molecule has 0 fully saturated rings. The Bertz CT molecular complexity index is 685. The minimum absolute atomic E-state index is 0.119. The van der Waals surface area contributed by atoms with E-state index in [2.05, 4.69) is 5.32 Å². The molecule has 128 valence electrons. The van der Waals surface area contributed by atoms with E-state index in [1.807, 2.05) is 44.2 Å². The van der Waals surface area contributed by atoms with E-state index in [0.717, 1.165) is 5.56 Å². The van der Waals surface area contributed by atoms with Crippen LogP contribution in [-0.2, 0) is 11.2 Å². The van der Waals surface area contributed by atoms with Gasteiger partial charge in [-0.05, 0) is 43.7 Å². The second kappa shape index (κ2) is 8.82. The molecule has 0 bridgehead atoms. The zero-order valence-electron chi connectivity index (χ0n) is 14.3. The van der Waals surface area contributed by atoms with Gasteiger partial charge in [0.15, 0.2) is 11.5 Å². The Morgan fingerprint density at radius 1 is 0.958 bits per heavy atom. The zero-order valence-corrected chi connectivity index (χ0v) is 14.3. The largest absolute Gasteiger partial charge is 0.495 e. The van der Waals surface area contributed by atoms with Crippen LogP contribution in [0, 0.1) is 0 Å². The van der Waals surface area contributed by atoms with Crippen LogP contribution in [0.4, 0.5) is 5.69 Å². The van der Waals surface area contributed by atoms with E-state index < -0.39 is 0 Å². The molecular weight excluding hydrogens is 306 g/mol. The fourth-order valence-electron chi connectivity index (χ4n) is 2.33. The summed E-state index contributed by atoms with van der Waals surface area (Å²) in [4.78, 5) is 12.3. The van der Waals surface area contributed by atoms with Crippen LogP contribution in [-0.4, -0.2) is 26.2 Å². The summed E-state index contributed by atoms with van der Waals surface area (Å²) in [7, 11) is 1.58. The number of carbonyl (C=O) groups excluding carboxylic acids is 1. The van der Waals surface area contributed by atoms with E-state index in [9.17, 15) is 4.79 Å². The number of hydrogen-bond acceptors (Lipinski definition) is 4. The second-order valence-electron chi connectivity index (χ2n) is 5.07. The summed E-state index contributed by atoms with van der Waals surface area (Å²) in [6.45, 7) is 4.94. The molecule has 0 aliphatic carbocycles. The second-order valence-corrected chi connectivity index (χ2v) is 5.07. The zero-order chi connectivity index (χ0) is 17.4. The molecule has 0 aliphatic heterocycles. The van der Waals surface area contributed by atoms with E-state index in [-0.39, 0.29) is 12.3 Å². The number of ether oxygens (including phenoxy) is 3. The Labute approximate surface area is 142 Å². The molecule has 0 unspecified atom stereocenters. The molecule has 1 N–H and O–H groups in total. The average Bonchev–Trinajstić information content (AvgIpc) is 2.58. The lowest BCUT2D eigenvalue weighted by atomic mass is 10.1. The fourth-order valence-corrected chi connectivity index (χ4v) is 2.33. The monoisotopic (exact) mass is 329 g/mol. The minimum atomic E-state index is -0.119. The molecule has 5 nitrogen and oxygen atoms in total. The number of nitrogens with one attached hydrogen (secondary N) is 1. The summed E-state index contributed by atoms with van der Waals surface area (Å²) in [5, 5.41) is 2.87. The molecule has 0 aliphatic rings. The maximum absolute atomic E-state index is 12.3. The molecule has 0 radical (unpaired) electrons. The lowest BCUT2D eigenvalue weighted by Gasteiger charge is -2.13. The Hall–Kier alpha value is -2.69. The molecule has 0 saturated carbocycles. The number of methoxy groups -OCH3 is 1. The predicted octanol–water partition coefficient (Wildman–Crippen LogP) is 3.67. The molecule has 0 heterocycles. The molecule has 0 atom stereocenters. The molecule has 24 heavy (non-hydrogen) atoms. The number of carbonyl (C=O) groups is 1. The number of anilines is 1. The number of rotatable bonds is 8. The summed E-state index contributed by atoms with van der Waals surface area (Å²) in [6.07, 6.45) is 0.241. The standard InChI is InChI=1S/C19H23NO4/c1-4-23-17-11-10-14(12-18(17)24-5-2)13-19(21)20-15-8-6-7-9-16(15)22-3/h6-12H,4-5,13H2,1-3H3,(H,20,21). The third-order valence-corrected chi connectivity index (χ3v) is 3.35. The molecule has 2 aromatic rings. The van der Waals surface area contributed by atoms with Gasteiger partial charge in [-0.3, -0.25) is 4.79 Å². The summed E-state index contributed by atoms with van der Waals surface area (Å²) < 4.78 is 16.4. The van der Waals surface area contributed by atoms with E-state index in [0.29, 0.717) is 36.1 Å².